The van der Waals surface area contributed by atoms with Gasteiger partial charge in [-0.15, -0.1) is 0 Å². The fourth-order valence-corrected chi connectivity index (χ4v) is 5.11. The first-order valence-corrected chi connectivity index (χ1v) is 11.6. The van der Waals surface area contributed by atoms with E-state index in [1.54, 1.807) is 12.2 Å². The van der Waals surface area contributed by atoms with Crippen LogP contribution in [0.25, 0.3) is 0 Å². The van der Waals surface area contributed by atoms with E-state index in [0.29, 0.717) is 11.8 Å². The summed E-state index contributed by atoms with van der Waals surface area (Å²) in [5.41, 5.74) is 2.64. The van der Waals surface area contributed by atoms with E-state index < -0.39 is 0 Å². The molecule has 0 amide bonds. The lowest BCUT2D eigenvalue weighted by Crippen LogP contribution is -2.35. The monoisotopic (exact) mass is 410 g/mol. The van der Waals surface area contributed by atoms with Crippen LogP contribution in [-0.2, 0) is 9.59 Å². The number of hydrogen-bond donors (Lipinski definition) is 0. The predicted molar refractivity (Wildman–Crippen MR) is 127 cm³/mol. The zero-order chi connectivity index (χ0) is 22.7. The zero-order valence-corrected chi connectivity index (χ0v) is 20.1. The summed E-state index contributed by atoms with van der Waals surface area (Å²) in [7, 11) is 0. The van der Waals surface area contributed by atoms with Crippen LogP contribution in [0.5, 0.6) is 0 Å². The van der Waals surface area contributed by atoms with Crippen molar-refractivity contribution in [1.29, 1.82) is 0 Å². The van der Waals surface area contributed by atoms with E-state index >= 15 is 0 Å². The summed E-state index contributed by atoms with van der Waals surface area (Å²) in [5, 5.41) is 0. The highest BCUT2D eigenvalue weighted by Gasteiger charge is 2.39. The minimum Gasteiger partial charge on any atom is -0.295 e. The van der Waals surface area contributed by atoms with E-state index in [0.717, 1.165) is 25.7 Å². The van der Waals surface area contributed by atoms with Crippen LogP contribution in [0.4, 0.5) is 0 Å². The van der Waals surface area contributed by atoms with Crippen molar-refractivity contribution in [2.45, 2.75) is 80.1 Å². The molecule has 0 aliphatic heterocycles. The molecule has 0 heterocycles. The molecule has 2 nitrogen and oxygen atoms in total. The van der Waals surface area contributed by atoms with E-state index in [9.17, 15) is 9.59 Å². The molecular formula is C28H42O2. The molecule has 4 atom stereocenters. The highest BCUT2D eigenvalue weighted by atomic mass is 16.1. The van der Waals surface area contributed by atoms with Crippen LogP contribution in [0.2, 0.25) is 0 Å². The van der Waals surface area contributed by atoms with Crippen LogP contribution in [0.1, 0.15) is 80.1 Å². The van der Waals surface area contributed by atoms with Gasteiger partial charge in [-0.1, -0.05) is 78.0 Å². The quantitative estimate of drug-likeness (QED) is 0.326. The first-order chi connectivity index (χ1) is 13.9. The Kier molecular flexibility index (Phi) is 7.88. The average Bonchev–Trinajstić information content (AvgIpc) is 2.66. The highest BCUT2D eigenvalue weighted by Crippen LogP contribution is 2.48. The number of rotatable bonds is 7. The Hall–Kier alpha value is -1.70. The third-order valence-corrected chi connectivity index (χ3v) is 8.39. The smallest absolute Gasteiger partial charge is 0.155 e. The van der Waals surface area contributed by atoms with Gasteiger partial charge < -0.3 is 0 Å². The second kappa shape index (κ2) is 9.62. The number of hydrogen-bond acceptors (Lipinski definition) is 2. The minimum absolute atomic E-state index is 0.0228. The summed E-state index contributed by atoms with van der Waals surface area (Å²) in [6, 6.07) is 0. The molecule has 4 unspecified atom stereocenters. The number of carbonyl (C=O) groups excluding carboxylic acids is 2. The minimum atomic E-state index is 0.0228. The van der Waals surface area contributed by atoms with E-state index in [-0.39, 0.29) is 47.1 Å². The summed E-state index contributed by atoms with van der Waals surface area (Å²) >= 11 is 0. The van der Waals surface area contributed by atoms with Gasteiger partial charge in [-0.05, 0) is 60.5 Å². The summed E-state index contributed by atoms with van der Waals surface area (Å²) in [4.78, 5) is 24.8. The SMILES string of the molecule is C=C1CCC(C)C(C)(C)C1C=CC(=O)CCC(=O)C=CC1C(=C)CCC(C)C1(C)C. The fraction of sp³-hybridized carbons (Fsp3) is 0.643. The van der Waals surface area contributed by atoms with E-state index in [4.69, 9.17) is 0 Å². The maximum atomic E-state index is 12.4. The Bertz CT molecular complexity index is 683. The largest absolute Gasteiger partial charge is 0.295 e. The number of ketones is 2. The molecule has 0 aromatic heterocycles. The lowest BCUT2D eigenvalue weighted by Gasteiger charge is -2.44. The van der Waals surface area contributed by atoms with Gasteiger partial charge in [0.05, 0.1) is 0 Å². The standard InChI is InChI=1S/C28H42O2/c1-19-9-11-21(3)27(5,6)25(19)17-15-23(29)13-14-24(30)16-18-26-20(2)10-12-22(4)28(26,7)8/h15-18,21-22,25-26H,1-2,9-14H2,3-8H3. The average molecular weight is 411 g/mol. The van der Waals surface area contributed by atoms with Gasteiger partial charge in [-0.25, -0.2) is 0 Å². The first-order valence-electron chi connectivity index (χ1n) is 11.6. The van der Waals surface area contributed by atoms with Crippen LogP contribution in [0.15, 0.2) is 48.6 Å². The van der Waals surface area contributed by atoms with Gasteiger partial charge in [-0.2, -0.15) is 0 Å². The fourth-order valence-electron chi connectivity index (χ4n) is 5.11. The van der Waals surface area contributed by atoms with Crippen molar-refractivity contribution in [3.05, 3.63) is 48.6 Å². The van der Waals surface area contributed by atoms with Gasteiger partial charge in [0, 0.05) is 24.7 Å². The third kappa shape index (κ3) is 5.50. The van der Waals surface area contributed by atoms with Crippen molar-refractivity contribution < 1.29 is 9.59 Å². The van der Waals surface area contributed by atoms with E-state index in [1.165, 1.54) is 11.1 Å². The van der Waals surface area contributed by atoms with Crippen LogP contribution in [0.3, 0.4) is 0 Å². The Morgan fingerprint density at radius 1 is 0.800 bits per heavy atom. The topological polar surface area (TPSA) is 34.1 Å². The molecule has 0 radical (unpaired) electrons. The Labute approximate surface area is 184 Å². The number of carbonyl (C=O) groups is 2. The van der Waals surface area contributed by atoms with Gasteiger partial charge in [0.1, 0.15) is 0 Å². The first kappa shape index (κ1) is 24.6. The Morgan fingerprint density at radius 3 is 1.47 bits per heavy atom. The molecule has 0 aromatic rings. The number of allylic oxidation sites excluding steroid dienone is 6. The molecule has 0 spiro atoms. The molecule has 2 fully saturated rings. The molecule has 0 bridgehead atoms. The summed E-state index contributed by atoms with van der Waals surface area (Å²) in [6.07, 6.45) is 12.3. The summed E-state index contributed by atoms with van der Waals surface area (Å²) < 4.78 is 0. The second-order valence-electron chi connectivity index (χ2n) is 10.9. The van der Waals surface area contributed by atoms with Crippen molar-refractivity contribution >= 4 is 11.6 Å². The van der Waals surface area contributed by atoms with Crippen molar-refractivity contribution in [2.75, 3.05) is 0 Å². The molecule has 2 saturated carbocycles. The molecule has 30 heavy (non-hydrogen) atoms. The highest BCUT2D eigenvalue weighted by molar-refractivity contribution is 5.96. The van der Waals surface area contributed by atoms with Crippen LogP contribution >= 0.6 is 0 Å². The molecule has 0 N–H and O–H groups in total. The maximum Gasteiger partial charge on any atom is 0.155 e. The predicted octanol–water partition coefficient (Wildman–Crippen LogP) is 7.27. The Morgan fingerprint density at radius 2 is 1.13 bits per heavy atom. The van der Waals surface area contributed by atoms with Gasteiger partial charge >= 0.3 is 0 Å². The van der Waals surface area contributed by atoms with Crippen molar-refractivity contribution in [2.24, 2.45) is 34.5 Å². The lowest BCUT2D eigenvalue weighted by molar-refractivity contribution is -0.119. The van der Waals surface area contributed by atoms with E-state index in [1.807, 2.05) is 12.2 Å². The second-order valence-corrected chi connectivity index (χ2v) is 10.9. The molecular weight excluding hydrogens is 368 g/mol. The van der Waals surface area contributed by atoms with Crippen molar-refractivity contribution in [3.63, 3.8) is 0 Å². The molecule has 2 aliphatic carbocycles. The molecule has 166 valence electrons. The normalized spacial score (nSPS) is 31.4. The van der Waals surface area contributed by atoms with Crippen LogP contribution in [-0.4, -0.2) is 11.6 Å². The summed E-state index contributed by atoms with van der Waals surface area (Å²) in [6.45, 7) is 22.1. The van der Waals surface area contributed by atoms with Gasteiger partial charge in [-0.3, -0.25) is 9.59 Å². The van der Waals surface area contributed by atoms with Gasteiger partial charge in [0.2, 0.25) is 0 Å². The van der Waals surface area contributed by atoms with E-state index in [2.05, 4.69) is 54.7 Å². The maximum absolute atomic E-state index is 12.4. The van der Waals surface area contributed by atoms with Crippen molar-refractivity contribution in [1.82, 2.24) is 0 Å². The van der Waals surface area contributed by atoms with Gasteiger partial charge in [0.25, 0.3) is 0 Å². The molecule has 2 rings (SSSR count). The Balaban J connectivity index is 1.90. The summed E-state index contributed by atoms with van der Waals surface area (Å²) in [5.74, 6) is 1.69. The molecule has 2 aliphatic rings. The van der Waals surface area contributed by atoms with Crippen LogP contribution < -0.4 is 0 Å². The third-order valence-electron chi connectivity index (χ3n) is 8.39. The van der Waals surface area contributed by atoms with Gasteiger partial charge in [0.15, 0.2) is 11.6 Å². The van der Waals surface area contributed by atoms with Crippen molar-refractivity contribution in [3.8, 4) is 0 Å². The molecule has 0 saturated heterocycles. The van der Waals surface area contributed by atoms with Crippen LogP contribution in [0, 0.1) is 34.5 Å². The molecule has 2 heteroatoms. The lowest BCUT2D eigenvalue weighted by atomic mass is 9.61. The zero-order valence-electron chi connectivity index (χ0n) is 20.1. The molecule has 0 aromatic carbocycles.